The highest BCUT2D eigenvalue weighted by Gasteiger charge is 2.15. The Morgan fingerprint density at radius 1 is 1.29 bits per heavy atom. The average Bonchev–Trinajstić information content (AvgIpc) is 2.59. The molecule has 5 nitrogen and oxygen atoms in total. The van der Waals surface area contributed by atoms with Crippen molar-refractivity contribution in [2.75, 3.05) is 0 Å². The first kappa shape index (κ1) is 11.9. The SMILES string of the molecule is Cn1nc(C(=O)O)nc1-c1cc(Cl)cc(Cl)c1. The molecule has 1 heterocycles. The number of hydrogen-bond donors (Lipinski definition) is 1. The fourth-order valence-electron chi connectivity index (χ4n) is 1.41. The van der Waals surface area contributed by atoms with Crippen molar-refractivity contribution in [2.24, 2.45) is 7.05 Å². The average molecular weight is 272 g/mol. The van der Waals surface area contributed by atoms with Gasteiger partial charge in [-0.1, -0.05) is 23.2 Å². The van der Waals surface area contributed by atoms with Gasteiger partial charge >= 0.3 is 5.97 Å². The molecule has 0 amide bonds. The minimum absolute atomic E-state index is 0.265. The van der Waals surface area contributed by atoms with E-state index in [1.807, 2.05) is 0 Å². The Hall–Kier alpha value is -1.59. The molecular weight excluding hydrogens is 265 g/mol. The van der Waals surface area contributed by atoms with Crippen LogP contribution in [-0.2, 0) is 7.05 Å². The predicted molar refractivity (Wildman–Crippen MR) is 63.4 cm³/mol. The molecular formula is C10H7Cl2N3O2. The molecule has 0 aliphatic heterocycles. The summed E-state index contributed by atoms with van der Waals surface area (Å²) in [6.07, 6.45) is 0. The smallest absolute Gasteiger partial charge is 0.375 e. The summed E-state index contributed by atoms with van der Waals surface area (Å²) in [6, 6.07) is 4.87. The van der Waals surface area contributed by atoms with Crippen molar-refractivity contribution in [1.82, 2.24) is 14.8 Å². The molecule has 7 heteroatoms. The predicted octanol–water partition coefficient (Wildman–Crippen LogP) is 2.49. The summed E-state index contributed by atoms with van der Waals surface area (Å²) in [5.74, 6) is -1.05. The van der Waals surface area contributed by atoms with Gasteiger partial charge in [0.15, 0.2) is 5.82 Å². The van der Waals surface area contributed by atoms with E-state index in [9.17, 15) is 4.79 Å². The Morgan fingerprint density at radius 2 is 1.88 bits per heavy atom. The van der Waals surface area contributed by atoms with Gasteiger partial charge < -0.3 is 5.11 Å². The molecule has 1 aromatic heterocycles. The first-order valence-electron chi connectivity index (χ1n) is 4.58. The maximum atomic E-state index is 10.7. The fraction of sp³-hybridized carbons (Fsp3) is 0.100. The lowest BCUT2D eigenvalue weighted by atomic mass is 10.2. The second-order valence-electron chi connectivity index (χ2n) is 3.35. The Kier molecular flexibility index (Phi) is 3.04. The number of rotatable bonds is 2. The van der Waals surface area contributed by atoms with Gasteiger partial charge in [-0.05, 0) is 18.2 Å². The molecule has 0 spiro atoms. The van der Waals surface area contributed by atoms with Gasteiger partial charge in [0.25, 0.3) is 5.82 Å². The molecule has 2 rings (SSSR count). The summed E-state index contributed by atoms with van der Waals surface area (Å²) in [5, 5.41) is 13.5. The van der Waals surface area contributed by atoms with Crippen LogP contribution in [-0.4, -0.2) is 25.8 Å². The Bertz CT molecular complexity index is 575. The van der Waals surface area contributed by atoms with E-state index in [1.54, 1.807) is 25.2 Å². The highest BCUT2D eigenvalue weighted by atomic mass is 35.5. The van der Waals surface area contributed by atoms with Gasteiger partial charge in [-0.2, -0.15) is 0 Å². The van der Waals surface area contributed by atoms with Crippen molar-refractivity contribution in [1.29, 1.82) is 0 Å². The Labute approximate surface area is 107 Å². The number of nitrogens with zero attached hydrogens (tertiary/aromatic N) is 3. The van der Waals surface area contributed by atoms with Crippen molar-refractivity contribution >= 4 is 29.2 Å². The van der Waals surface area contributed by atoms with E-state index in [1.165, 1.54) is 4.68 Å². The molecule has 0 radical (unpaired) electrons. The third-order valence-corrected chi connectivity index (χ3v) is 2.51. The molecule has 0 unspecified atom stereocenters. The summed E-state index contributed by atoms with van der Waals surface area (Å²) in [6.45, 7) is 0. The summed E-state index contributed by atoms with van der Waals surface area (Å²) in [5.41, 5.74) is 0.616. The zero-order valence-electron chi connectivity index (χ0n) is 8.69. The third kappa shape index (κ3) is 2.40. The number of carboxylic acid groups (broad SMARTS) is 1. The normalized spacial score (nSPS) is 10.5. The maximum absolute atomic E-state index is 10.7. The molecule has 0 saturated heterocycles. The van der Waals surface area contributed by atoms with Crippen LogP contribution in [0.4, 0.5) is 0 Å². The van der Waals surface area contributed by atoms with Crippen LogP contribution in [0.25, 0.3) is 11.4 Å². The molecule has 1 aromatic carbocycles. The largest absolute Gasteiger partial charge is 0.475 e. The lowest BCUT2D eigenvalue weighted by Crippen LogP contribution is -2.00. The van der Waals surface area contributed by atoms with E-state index in [0.29, 0.717) is 21.4 Å². The van der Waals surface area contributed by atoms with Crippen LogP contribution in [0.2, 0.25) is 10.0 Å². The quantitative estimate of drug-likeness (QED) is 0.911. The van der Waals surface area contributed by atoms with E-state index in [-0.39, 0.29) is 5.82 Å². The van der Waals surface area contributed by atoms with Gasteiger partial charge in [0.05, 0.1) is 0 Å². The highest BCUT2D eigenvalue weighted by Crippen LogP contribution is 2.25. The summed E-state index contributed by atoms with van der Waals surface area (Å²) < 4.78 is 1.37. The van der Waals surface area contributed by atoms with Crippen LogP contribution in [0.3, 0.4) is 0 Å². The number of hydrogen-bond acceptors (Lipinski definition) is 3. The van der Waals surface area contributed by atoms with Gasteiger partial charge in [-0.3, -0.25) is 0 Å². The number of carboxylic acids is 1. The first-order chi connectivity index (χ1) is 7.97. The molecule has 2 aromatic rings. The van der Waals surface area contributed by atoms with Crippen LogP contribution < -0.4 is 0 Å². The number of aromatic nitrogens is 3. The molecule has 17 heavy (non-hydrogen) atoms. The summed E-state index contributed by atoms with van der Waals surface area (Å²) in [7, 11) is 1.60. The minimum Gasteiger partial charge on any atom is -0.475 e. The van der Waals surface area contributed by atoms with Crippen LogP contribution in [0.1, 0.15) is 10.6 Å². The van der Waals surface area contributed by atoms with Crippen molar-refractivity contribution in [3.05, 3.63) is 34.1 Å². The summed E-state index contributed by atoms with van der Waals surface area (Å²) in [4.78, 5) is 14.6. The molecule has 0 fully saturated rings. The number of carbonyl (C=O) groups is 1. The van der Waals surface area contributed by atoms with Gasteiger partial charge in [0, 0.05) is 22.7 Å². The van der Waals surface area contributed by atoms with E-state index in [0.717, 1.165) is 0 Å². The van der Waals surface area contributed by atoms with Crippen molar-refractivity contribution in [3.8, 4) is 11.4 Å². The monoisotopic (exact) mass is 271 g/mol. The van der Waals surface area contributed by atoms with Gasteiger partial charge in [0.2, 0.25) is 0 Å². The second-order valence-corrected chi connectivity index (χ2v) is 4.22. The number of halogens is 2. The number of aryl methyl sites for hydroxylation is 1. The van der Waals surface area contributed by atoms with E-state index in [4.69, 9.17) is 28.3 Å². The van der Waals surface area contributed by atoms with Crippen molar-refractivity contribution in [2.45, 2.75) is 0 Å². The number of aromatic carboxylic acids is 1. The van der Waals surface area contributed by atoms with Crippen LogP contribution >= 0.6 is 23.2 Å². The summed E-state index contributed by atoms with van der Waals surface area (Å²) >= 11 is 11.7. The minimum atomic E-state index is -1.18. The zero-order valence-corrected chi connectivity index (χ0v) is 10.2. The molecule has 0 atom stereocenters. The van der Waals surface area contributed by atoms with Crippen LogP contribution in [0, 0.1) is 0 Å². The highest BCUT2D eigenvalue weighted by molar-refractivity contribution is 6.35. The van der Waals surface area contributed by atoms with E-state index in [2.05, 4.69) is 10.1 Å². The molecule has 0 saturated carbocycles. The van der Waals surface area contributed by atoms with E-state index < -0.39 is 5.97 Å². The third-order valence-electron chi connectivity index (χ3n) is 2.08. The Morgan fingerprint density at radius 3 is 2.35 bits per heavy atom. The van der Waals surface area contributed by atoms with Gasteiger partial charge in [0.1, 0.15) is 0 Å². The topological polar surface area (TPSA) is 68.0 Å². The molecule has 0 aliphatic carbocycles. The van der Waals surface area contributed by atoms with Gasteiger partial charge in [-0.25, -0.2) is 14.5 Å². The van der Waals surface area contributed by atoms with Gasteiger partial charge in [-0.15, -0.1) is 5.10 Å². The molecule has 88 valence electrons. The molecule has 0 aliphatic rings. The van der Waals surface area contributed by atoms with Crippen molar-refractivity contribution < 1.29 is 9.90 Å². The lowest BCUT2D eigenvalue weighted by Gasteiger charge is -2.01. The van der Waals surface area contributed by atoms with Crippen LogP contribution in [0.15, 0.2) is 18.2 Å². The molecule has 1 N–H and O–H groups in total. The van der Waals surface area contributed by atoms with Crippen LogP contribution in [0.5, 0.6) is 0 Å². The lowest BCUT2D eigenvalue weighted by molar-refractivity contribution is 0.0683. The number of benzene rings is 1. The Balaban J connectivity index is 2.56. The second kappa shape index (κ2) is 4.35. The van der Waals surface area contributed by atoms with E-state index >= 15 is 0 Å². The zero-order chi connectivity index (χ0) is 12.6. The fourth-order valence-corrected chi connectivity index (χ4v) is 1.94. The standard InChI is InChI=1S/C10H7Cl2N3O2/c1-15-9(13-8(14-15)10(16)17)5-2-6(11)4-7(12)3-5/h2-4H,1H3,(H,16,17). The first-order valence-corrected chi connectivity index (χ1v) is 5.34. The molecule has 0 bridgehead atoms. The van der Waals surface area contributed by atoms with Crippen molar-refractivity contribution in [3.63, 3.8) is 0 Å². The maximum Gasteiger partial charge on any atom is 0.375 e.